The smallest absolute Gasteiger partial charge is 0.311 e. The van der Waals surface area contributed by atoms with Gasteiger partial charge in [0, 0.05) is 18.7 Å². The first-order valence-corrected chi connectivity index (χ1v) is 7.90. The third-order valence-corrected chi connectivity index (χ3v) is 4.26. The SMILES string of the molecule is [C-]#[N+]c1c(C(F)(F)F)cc(-c2cccc(C)c2)n(N2CCCC2)c1=O. The highest BCUT2D eigenvalue weighted by Gasteiger charge is 2.37. The molecule has 2 aromatic rings. The molecule has 0 N–H and O–H groups in total. The Morgan fingerprint density at radius 2 is 1.84 bits per heavy atom. The predicted molar refractivity (Wildman–Crippen MR) is 89.3 cm³/mol. The van der Waals surface area contributed by atoms with E-state index in [2.05, 4.69) is 4.85 Å². The fourth-order valence-electron chi connectivity index (χ4n) is 3.11. The van der Waals surface area contributed by atoms with Crippen molar-refractivity contribution in [2.45, 2.75) is 25.9 Å². The van der Waals surface area contributed by atoms with Crippen LogP contribution in [0.2, 0.25) is 0 Å². The van der Waals surface area contributed by atoms with E-state index < -0.39 is 23.0 Å². The molecule has 0 saturated carbocycles. The van der Waals surface area contributed by atoms with E-state index in [1.807, 2.05) is 13.0 Å². The zero-order valence-electron chi connectivity index (χ0n) is 13.6. The third-order valence-electron chi connectivity index (χ3n) is 4.26. The maximum Gasteiger partial charge on any atom is 0.407 e. The number of aryl methyl sites for hydroxylation is 1. The third kappa shape index (κ3) is 3.12. The number of alkyl halides is 3. The molecule has 0 bridgehead atoms. The number of aromatic nitrogens is 1. The number of hydrogen-bond acceptors (Lipinski definition) is 2. The molecule has 0 spiro atoms. The molecule has 1 aromatic heterocycles. The molecular formula is C18H16F3N3O. The Kier molecular flexibility index (Phi) is 4.29. The summed E-state index contributed by atoms with van der Waals surface area (Å²) in [6, 6.07) is 7.90. The molecule has 0 amide bonds. The van der Waals surface area contributed by atoms with Gasteiger partial charge in [-0.15, -0.1) is 0 Å². The maximum absolute atomic E-state index is 13.4. The van der Waals surface area contributed by atoms with Crippen molar-refractivity contribution in [1.82, 2.24) is 4.68 Å². The lowest BCUT2D eigenvalue weighted by atomic mass is 10.1. The van der Waals surface area contributed by atoms with Crippen molar-refractivity contribution in [2.75, 3.05) is 18.1 Å². The van der Waals surface area contributed by atoms with Gasteiger partial charge in [-0.1, -0.05) is 23.8 Å². The Bertz CT molecular complexity index is 903. The highest BCUT2D eigenvalue weighted by atomic mass is 19.4. The van der Waals surface area contributed by atoms with Crippen molar-refractivity contribution in [2.24, 2.45) is 0 Å². The van der Waals surface area contributed by atoms with Gasteiger partial charge in [0.1, 0.15) is 0 Å². The maximum atomic E-state index is 13.4. The van der Waals surface area contributed by atoms with Crippen LogP contribution in [0, 0.1) is 13.5 Å². The molecular weight excluding hydrogens is 331 g/mol. The molecule has 1 fully saturated rings. The van der Waals surface area contributed by atoms with Crippen LogP contribution >= 0.6 is 0 Å². The van der Waals surface area contributed by atoms with Gasteiger partial charge in [-0.3, -0.25) is 4.79 Å². The highest BCUT2D eigenvalue weighted by Crippen LogP contribution is 2.37. The summed E-state index contributed by atoms with van der Waals surface area (Å²) in [5, 5.41) is 1.72. The summed E-state index contributed by atoms with van der Waals surface area (Å²) in [5.74, 6) is 0. The van der Waals surface area contributed by atoms with Crippen LogP contribution in [0.5, 0.6) is 0 Å². The molecule has 0 aliphatic carbocycles. The lowest BCUT2D eigenvalue weighted by molar-refractivity contribution is -0.136. The second kappa shape index (κ2) is 6.28. The van der Waals surface area contributed by atoms with Gasteiger partial charge in [-0.2, -0.15) is 13.2 Å². The molecule has 1 aliphatic rings. The van der Waals surface area contributed by atoms with Crippen molar-refractivity contribution in [1.29, 1.82) is 0 Å². The van der Waals surface area contributed by atoms with Crippen molar-refractivity contribution in [3.63, 3.8) is 0 Å². The van der Waals surface area contributed by atoms with Crippen molar-refractivity contribution in [3.05, 3.63) is 63.2 Å². The van der Waals surface area contributed by atoms with Gasteiger partial charge in [0.2, 0.25) is 0 Å². The number of benzene rings is 1. The number of pyridine rings is 1. The molecule has 1 saturated heterocycles. The fraction of sp³-hybridized carbons (Fsp3) is 0.333. The Morgan fingerprint density at radius 3 is 2.40 bits per heavy atom. The Hall–Kier alpha value is -2.75. The summed E-state index contributed by atoms with van der Waals surface area (Å²) in [5.41, 5.74) is -1.42. The van der Waals surface area contributed by atoms with Gasteiger partial charge in [-0.25, -0.2) is 9.52 Å². The Morgan fingerprint density at radius 1 is 1.16 bits per heavy atom. The first-order valence-electron chi connectivity index (χ1n) is 7.90. The van der Waals surface area contributed by atoms with Gasteiger partial charge in [0.05, 0.1) is 17.8 Å². The molecule has 1 aromatic carbocycles. The van der Waals surface area contributed by atoms with E-state index >= 15 is 0 Å². The van der Waals surface area contributed by atoms with Crippen LogP contribution in [0.1, 0.15) is 24.0 Å². The molecule has 2 heterocycles. The van der Waals surface area contributed by atoms with Crippen LogP contribution in [-0.4, -0.2) is 17.8 Å². The summed E-state index contributed by atoms with van der Waals surface area (Å²) in [4.78, 5) is 15.6. The lowest BCUT2D eigenvalue weighted by Crippen LogP contribution is -2.41. The van der Waals surface area contributed by atoms with Crippen molar-refractivity contribution >= 4 is 5.69 Å². The number of rotatable bonds is 2. The molecule has 1 aliphatic heterocycles. The Balaban J connectivity index is 2.36. The Labute approximate surface area is 142 Å². The van der Waals surface area contributed by atoms with Gasteiger partial charge >= 0.3 is 6.18 Å². The van der Waals surface area contributed by atoms with E-state index in [1.165, 1.54) is 4.68 Å². The van der Waals surface area contributed by atoms with E-state index in [4.69, 9.17) is 6.57 Å². The van der Waals surface area contributed by atoms with Crippen LogP contribution in [-0.2, 0) is 6.18 Å². The zero-order chi connectivity index (χ0) is 18.2. The molecule has 0 radical (unpaired) electrons. The van der Waals surface area contributed by atoms with E-state index in [-0.39, 0.29) is 5.69 Å². The average Bonchev–Trinajstić information content (AvgIpc) is 3.07. The molecule has 25 heavy (non-hydrogen) atoms. The van der Waals surface area contributed by atoms with Crippen molar-refractivity contribution in [3.8, 4) is 11.3 Å². The van der Waals surface area contributed by atoms with Crippen LogP contribution < -0.4 is 10.6 Å². The van der Waals surface area contributed by atoms with E-state index in [1.54, 1.807) is 23.2 Å². The summed E-state index contributed by atoms with van der Waals surface area (Å²) in [6.07, 6.45) is -3.05. The first-order chi connectivity index (χ1) is 11.8. The summed E-state index contributed by atoms with van der Waals surface area (Å²) in [6.45, 7) is 10.1. The van der Waals surface area contributed by atoms with E-state index in [9.17, 15) is 18.0 Å². The first kappa shape index (κ1) is 17.1. The van der Waals surface area contributed by atoms with Gasteiger partial charge in [0.25, 0.3) is 11.2 Å². The quantitative estimate of drug-likeness (QED) is 0.765. The minimum absolute atomic E-state index is 0.162. The second-order valence-electron chi connectivity index (χ2n) is 6.05. The minimum Gasteiger partial charge on any atom is -0.311 e. The largest absolute Gasteiger partial charge is 0.407 e. The van der Waals surface area contributed by atoms with Gasteiger partial charge in [-0.05, 0) is 31.9 Å². The number of hydrogen-bond donors (Lipinski definition) is 0. The van der Waals surface area contributed by atoms with Gasteiger partial charge < -0.3 is 5.01 Å². The second-order valence-corrected chi connectivity index (χ2v) is 6.05. The number of halogens is 3. The van der Waals surface area contributed by atoms with Crippen LogP contribution in [0.25, 0.3) is 16.1 Å². The van der Waals surface area contributed by atoms with Crippen LogP contribution in [0.4, 0.5) is 18.9 Å². The normalized spacial score (nSPS) is 14.6. The van der Waals surface area contributed by atoms with Gasteiger partial charge in [0.15, 0.2) is 0 Å². The molecule has 3 rings (SSSR count). The van der Waals surface area contributed by atoms with E-state index in [0.29, 0.717) is 18.7 Å². The standard InChI is InChI=1S/C18H16F3N3O/c1-12-6-5-7-13(10-12)15-11-14(18(19,20)21)16(22-2)17(25)24(15)23-8-3-4-9-23/h5-7,10-11H,3-4,8-9H2,1H3. The minimum atomic E-state index is -4.76. The monoisotopic (exact) mass is 347 g/mol. The topological polar surface area (TPSA) is 29.6 Å². The molecule has 0 atom stereocenters. The summed E-state index contributed by atoms with van der Waals surface area (Å²) >= 11 is 0. The lowest BCUT2D eigenvalue weighted by Gasteiger charge is -2.26. The average molecular weight is 347 g/mol. The number of nitrogens with zero attached hydrogens (tertiary/aromatic N) is 3. The zero-order valence-corrected chi connectivity index (χ0v) is 13.6. The van der Waals surface area contributed by atoms with E-state index in [0.717, 1.165) is 24.5 Å². The predicted octanol–water partition coefficient (Wildman–Crippen LogP) is 4.13. The molecule has 7 heteroatoms. The molecule has 130 valence electrons. The summed E-state index contributed by atoms with van der Waals surface area (Å²) in [7, 11) is 0. The molecule has 0 unspecified atom stereocenters. The summed E-state index contributed by atoms with van der Waals surface area (Å²) < 4.78 is 41.4. The van der Waals surface area contributed by atoms with Crippen molar-refractivity contribution < 1.29 is 13.2 Å². The fourth-order valence-corrected chi connectivity index (χ4v) is 3.11. The van der Waals surface area contributed by atoms with Crippen LogP contribution in [0.3, 0.4) is 0 Å². The van der Waals surface area contributed by atoms with Crippen LogP contribution in [0.15, 0.2) is 35.1 Å². The molecule has 4 nitrogen and oxygen atoms in total. The highest BCUT2D eigenvalue weighted by molar-refractivity contribution is 5.67.